The molecule has 0 aliphatic carbocycles. The zero-order valence-electron chi connectivity index (χ0n) is 12.1. The molecule has 1 rings (SSSR count). The zero-order chi connectivity index (χ0) is 15.1. The second-order valence-electron chi connectivity index (χ2n) is 4.73. The summed E-state index contributed by atoms with van der Waals surface area (Å²) in [6, 6.07) is 6.90. The Bertz CT molecular complexity index is 474. The molecule has 0 aliphatic heterocycles. The van der Waals surface area contributed by atoms with Crippen LogP contribution in [-0.2, 0) is 9.59 Å². The highest BCUT2D eigenvalue weighted by Gasteiger charge is 2.11. The third kappa shape index (κ3) is 4.89. The van der Waals surface area contributed by atoms with Gasteiger partial charge in [0.1, 0.15) is 5.75 Å². The Morgan fingerprint density at radius 1 is 1.40 bits per heavy atom. The molecule has 3 N–H and O–H groups in total. The number of likely N-dealkylation sites (N-methyl/N-ethyl adjacent to an activating group) is 1. The number of hydrogen-bond donors (Lipinski definition) is 2. The largest absolute Gasteiger partial charge is 0.484 e. The number of rotatable bonds is 6. The van der Waals surface area contributed by atoms with Crippen molar-refractivity contribution in [1.82, 2.24) is 4.90 Å². The van der Waals surface area contributed by atoms with Crippen molar-refractivity contribution in [3.63, 3.8) is 0 Å². The van der Waals surface area contributed by atoms with Crippen molar-refractivity contribution in [2.45, 2.75) is 6.92 Å². The molecule has 0 saturated carbocycles. The highest BCUT2D eigenvalue weighted by Crippen LogP contribution is 2.18. The van der Waals surface area contributed by atoms with E-state index in [0.29, 0.717) is 18.0 Å². The highest BCUT2D eigenvalue weighted by molar-refractivity contribution is 5.92. The summed E-state index contributed by atoms with van der Waals surface area (Å²) in [5.41, 5.74) is 6.05. The van der Waals surface area contributed by atoms with Crippen LogP contribution in [0.2, 0.25) is 0 Å². The molecule has 6 nitrogen and oxygen atoms in total. The van der Waals surface area contributed by atoms with Crippen molar-refractivity contribution in [1.29, 1.82) is 0 Å². The average molecular weight is 279 g/mol. The number of ether oxygens (including phenoxy) is 1. The van der Waals surface area contributed by atoms with Crippen molar-refractivity contribution in [3.8, 4) is 5.75 Å². The van der Waals surface area contributed by atoms with Crippen LogP contribution >= 0.6 is 0 Å². The SMILES string of the molecule is CC(CN)C(=O)Nc1cccc(OCC(=O)N(C)C)c1. The predicted molar refractivity (Wildman–Crippen MR) is 77.5 cm³/mol. The number of carbonyl (C=O) groups excluding carboxylic acids is 2. The van der Waals surface area contributed by atoms with Crippen LogP contribution in [0, 0.1) is 5.92 Å². The number of nitrogens with two attached hydrogens (primary N) is 1. The Labute approximate surface area is 118 Å². The van der Waals surface area contributed by atoms with E-state index in [0.717, 1.165) is 0 Å². The van der Waals surface area contributed by atoms with E-state index in [4.69, 9.17) is 10.5 Å². The molecule has 0 bridgehead atoms. The molecule has 6 heteroatoms. The molecule has 1 aromatic rings. The lowest BCUT2D eigenvalue weighted by Crippen LogP contribution is -2.27. The molecule has 110 valence electrons. The fraction of sp³-hybridized carbons (Fsp3) is 0.429. The van der Waals surface area contributed by atoms with Gasteiger partial charge in [-0.15, -0.1) is 0 Å². The summed E-state index contributed by atoms with van der Waals surface area (Å²) in [6.45, 7) is 2.01. The van der Waals surface area contributed by atoms with Crippen LogP contribution in [0.1, 0.15) is 6.92 Å². The molecule has 1 atom stereocenters. The molecule has 0 fully saturated rings. The molecule has 0 heterocycles. The van der Waals surface area contributed by atoms with Gasteiger partial charge in [0.25, 0.3) is 5.91 Å². The van der Waals surface area contributed by atoms with Gasteiger partial charge < -0.3 is 20.7 Å². The van der Waals surface area contributed by atoms with E-state index in [1.54, 1.807) is 45.3 Å². The minimum absolute atomic E-state index is 0.0381. The highest BCUT2D eigenvalue weighted by atomic mass is 16.5. The summed E-state index contributed by atoms with van der Waals surface area (Å²) in [4.78, 5) is 24.6. The van der Waals surface area contributed by atoms with Gasteiger partial charge in [-0.05, 0) is 12.1 Å². The molecular weight excluding hydrogens is 258 g/mol. The van der Waals surface area contributed by atoms with E-state index in [2.05, 4.69) is 5.32 Å². The summed E-state index contributed by atoms with van der Waals surface area (Å²) < 4.78 is 5.37. The summed E-state index contributed by atoms with van der Waals surface area (Å²) in [5, 5.41) is 2.75. The van der Waals surface area contributed by atoms with Crippen LogP contribution in [0.25, 0.3) is 0 Å². The lowest BCUT2D eigenvalue weighted by Gasteiger charge is -2.13. The van der Waals surface area contributed by atoms with Crippen molar-refractivity contribution in [2.24, 2.45) is 11.7 Å². The maximum absolute atomic E-state index is 11.7. The summed E-state index contributed by atoms with van der Waals surface area (Å²) in [6.07, 6.45) is 0. The number of benzene rings is 1. The Morgan fingerprint density at radius 2 is 2.10 bits per heavy atom. The quantitative estimate of drug-likeness (QED) is 0.802. The third-order valence-corrected chi connectivity index (χ3v) is 2.76. The topological polar surface area (TPSA) is 84.7 Å². The maximum atomic E-state index is 11.7. The van der Waals surface area contributed by atoms with Crippen LogP contribution in [-0.4, -0.2) is 44.0 Å². The van der Waals surface area contributed by atoms with Crippen LogP contribution in [0.15, 0.2) is 24.3 Å². The number of nitrogens with one attached hydrogen (secondary N) is 1. The lowest BCUT2D eigenvalue weighted by molar-refractivity contribution is -0.130. The maximum Gasteiger partial charge on any atom is 0.259 e. The van der Waals surface area contributed by atoms with Gasteiger partial charge in [-0.1, -0.05) is 13.0 Å². The van der Waals surface area contributed by atoms with Crippen molar-refractivity contribution >= 4 is 17.5 Å². The monoisotopic (exact) mass is 279 g/mol. The lowest BCUT2D eigenvalue weighted by atomic mass is 10.1. The zero-order valence-corrected chi connectivity index (χ0v) is 12.1. The molecule has 1 aromatic carbocycles. The summed E-state index contributed by atoms with van der Waals surface area (Å²) >= 11 is 0. The van der Waals surface area contributed by atoms with Gasteiger partial charge >= 0.3 is 0 Å². The number of hydrogen-bond acceptors (Lipinski definition) is 4. The summed E-state index contributed by atoms with van der Waals surface area (Å²) in [5.74, 6) is -0.00138. The first-order valence-corrected chi connectivity index (χ1v) is 6.38. The van der Waals surface area contributed by atoms with Crippen LogP contribution in [0.5, 0.6) is 5.75 Å². The first-order chi connectivity index (χ1) is 9.43. The van der Waals surface area contributed by atoms with Crippen molar-refractivity contribution < 1.29 is 14.3 Å². The molecule has 0 aliphatic rings. The van der Waals surface area contributed by atoms with Gasteiger partial charge in [0, 0.05) is 38.3 Å². The number of anilines is 1. The molecule has 0 radical (unpaired) electrons. The average Bonchev–Trinajstić information content (AvgIpc) is 2.43. The number of carbonyl (C=O) groups is 2. The Hall–Kier alpha value is -2.08. The molecule has 0 aromatic heterocycles. The minimum Gasteiger partial charge on any atom is -0.484 e. The Morgan fingerprint density at radius 3 is 2.70 bits per heavy atom. The van der Waals surface area contributed by atoms with Crippen molar-refractivity contribution in [3.05, 3.63) is 24.3 Å². The second-order valence-corrected chi connectivity index (χ2v) is 4.73. The standard InChI is InChI=1S/C14H21N3O3/c1-10(8-15)14(19)16-11-5-4-6-12(7-11)20-9-13(18)17(2)3/h4-7,10H,8-9,15H2,1-3H3,(H,16,19). The summed E-state index contributed by atoms with van der Waals surface area (Å²) in [7, 11) is 3.33. The van der Waals surface area contributed by atoms with Gasteiger partial charge in [-0.25, -0.2) is 0 Å². The smallest absolute Gasteiger partial charge is 0.259 e. The molecule has 0 saturated heterocycles. The van der Waals surface area contributed by atoms with Crippen LogP contribution in [0.3, 0.4) is 0 Å². The van der Waals surface area contributed by atoms with Gasteiger partial charge in [0.2, 0.25) is 5.91 Å². The van der Waals surface area contributed by atoms with E-state index in [1.807, 2.05) is 0 Å². The molecule has 20 heavy (non-hydrogen) atoms. The van der Waals surface area contributed by atoms with Crippen LogP contribution in [0.4, 0.5) is 5.69 Å². The van der Waals surface area contributed by atoms with Crippen molar-refractivity contribution in [2.75, 3.05) is 32.6 Å². The molecule has 1 unspecified atom stereocenters. The fourth-order valence-corrected chi connectivity index (χ4v) is 1.31. The van der Waals surface area contributed by atoms with E-state index >= 15 is 0 Å². The molecule has 0 spiro atoms. The first kappa shape index (κ1) is 16.0. The Balaban J connectivity index is 2.62. The van der Waals surface area contributed by atoms with Gasteiger partial charge in [0.05, 0.1) is 0 Å². The molecular formula is C14H21N3O3. The van der Waals surface area contributed by atoms with E-state index in [1.165, 1.54) is 4.90 Å². The van der Waals surface area contributed by atoms with E-state index < -0.39 is 0 Å². The fourth-order valence-electron chi connectivity index (χ4n) is 1.31. The number of amides is 2. The van der Waals surface area contributed by atoms with E-state index in [-0.39, 0.29) is 24.3 Å². The minimum atomic E-state index is -0.255. The van der Waals surface area contributed by atoms with Gasteiger partial charge in [0.15, 0.2) is 6.61 Å². The van der Waals surface area contributed by atoms with Gasteiger partial charge in [-0.3, -0.25) is 9.59 Å². The van der Waals surface area contributed by atoms with Crippen LogP contribution < -0.4 is 15.8 Å². The normalized spacial score (nSPS) is 11.6. The van der Waals surface area contributed by atoms with Gasteiger partial charge in [-0.2, -0.15) is 0 Å². The third-order valence-electron chi connectivity index (χ3n) is 2.76. The molecule has 2 amide bonds. The predicted octanol–water partition coefficient (Wildman–Crippen LogP) is 0.687. The van der Waals surface area contributed by atoms with E-state index in [9.17, 15) is 9.59 Å². The first-order valence-electron chi connectivity index (χ1n) is 6.38. The number of nitrogens with zero attached hydrogens (tertiary/aromatic N) is 1. The second kappa shape index (κ2) is 7.49. The Kier molecular flexibility index (Phi) is 5.99.